The van der Waals surface area contributed by atoms with Crippen LogP contribution >= 0.6 is 0 Å². The molecule has 2 rings (SSSR count). The zero-order chi connectivity index (χ0) is 14.0. The van der Waals surface area contributed by atoms with Crippen LogP contribution in [0.2, 0.25) is 0 Å². The molecule has 2 saturated heterocycles. The summed E-state index contributed by atoms with van der Waals surface area (Å²) < 4.78 is 29.2. The van der Waals surface area contributed by atoms with Gasteiger partial charge < -0.3 is 5.32 Å². The lowest BCUT2D eigenvalue weighted by Crippen LogP contribution is -2.50. The summed E-state index contributed by atoms with van der Waals surface area (Å²) in [7, 11) is -3.30. The van der Waals surface area contributed by atoms with Crippen molar-refractivity contribution >= 4 is 10.2 Å². The highest BCUT2D eigenvalue weighted by molar-refractivity contribution is 7.86. The second kappa shape index (κ2) is 6.08. The molecule has 2 heterocycles. The van der Waals surface area contributed by atoms with Gasteiger partial charge in [-0.15, -0.1) is 0 Å². The van der Waals surface area contributed by atoms with Crippen molar-refractivity contribution in [1.82, 2.24) is 13.9 Å². The summed E-state index contributed by atoms with van der Waals surface area (Å²) in [6.07, 6.45) is 2.73. The fraction of sp³-hybridized carbons (Fsp3) is 1.00. The van der Waals surface area contributed by atoms with Crippen LogP contribution in [-0.4, -0.2) is 55.3 Å². The van der Waals surface area contributed by atoms with E-state index in [2.05, 4.69) is 5.32 Å². The lowest BCUT2D eigenvalue weighted by atomic mass is 10.0. The molecular formula is C13H27N3O2S. The zero-order valence-electron chi connectivity index (χ0n) is 12.3. The lowest BCUT2D eigenvalue weighted by molar-refractivity contribution is 0.290. The van der Waals surface area contributed by atoms with Crippen LogP contribution in [0, 0.1) is 5.92 Å². The van der Waals surface area contributed by atoms with E-state index in [4.69, 9.17) is 0 Å². The Balaban J connectivity index is 2.21. The number of hydrogen-bond donors (Lipinski definition) is 1. The molecule has 2 fully saturated rings. The molecule has 0 radical (unpaired) electrons. The lowest BCUT2D eigenvalue weighted by Gasteiger charge is -2.32. The Morgan fingerprint density at radius 1 is 1.21 bits per heavy atom. The summed E-state index contributed by atoms with van der Waals surface area (Å²) >= 11 is 0. The van der Waals surface area contributed by atoms with E-state index in [0.29, 0.717) is 19.0 Å². The molecule has 5 nitrogen and oxygen atoms in total. The van der Waals surface area contributed by atoms with Crippen LogP contribution in [0.15, 0.2) is 0 Å². The zero-order valence-corrected chi connectivity index (χ0v) is 13.1. The smallest absolute Gasteiger partial charge is 0.282 e. The van der Waals surface area contributed by atoms with Crippen molar-refractivity contribution in [3.8, 4) is 0 Å². The van der Waals surface area contributed by atoms with E-state index in [1.807, 2.05) is 20.8 Å². The van der Waals surface area contributed by atoms with Crippen LogP contribution in [0.3, 0.4) is 0 Å². The molecule has 0 aromatic carbocycles. The first-order valence-electron chi connectivity index (χ1n) is 7.51. The summed E-state index contributed by atoms with van der Waals surface area (Å²) in [6.45, 7) is 9.14. The van der Waals surface area contributed by atoms with Gasteiger partial charge in [0.05, 0.1) is 0 Å². The number of nitrogens with zero attached hydrogens (tertiary/aromatic N) is 2. The number of hydrogen-bond acceptors (Lipinski definition) is 3. The third kappa shape index (κ3) is 2.82. The summed E-state index contributed by atoms with van der Waals surface area (Å²) in [5, 5.41) is 3.33. The predicted octanol–water partition coefficient (Wildman–Crippen LogP) is 1.04. The Hall–Kier alpha value is -0.170. The molecule has 112 valence electrons. The summed E-state index contributed by atoms with van der Waals surface area (Å²) in [6, 6.07) is 0.300. The van der Waals surface area contributed by atoms with Gasteiger partial charge in [-0.25, -0.2) is 0 Å². The molecule has 0 bridgehead atoms. The van der Waals surface area contributed by atoms with E-state index in [-0.39, 0.29) is 12.1 Å². The monoisotopic (exact) mass is 289 g/mol. The minimum absolute atomic E-state index is 0.137. The summed E-state index contributed by atoms with van der Waals surface area (Å²) in [5.41, 5.74) is 0. The molecule has 3 atom stereocenters. The molecule has 0 aromatic rings. The molecule has 3 unspecified atom stereocenters. The van der Waals surface area contributed by atoms with Crippen LogP contribution in [0.25, 0.3) is 0 Å². The van der Waals surface area contributed by atoms with Gasteiger partial charge in [-0.3, -0.25) is 0 Å². The van der Waals surface area contributed by atoms with Crippen molar-refractivity contribution in [2.45, 2.75) is 52.1 Å². The van der Waals surface area contributed by atoms with Gasteiger partial charge in [-0.05, 0) is 38.6 Å². The highest BCUT2D eigenvalue weighted by atomic mass is 32.2. The number of rotatable bonds is 6. The van der Waals surface area contributed by atoms with E-state index in [1.165, 1.54) is 0 Å². The molecule has 1 N–H and O–H groups in total. The second-order valence-corrected chi connectivity index (χ2v) is 7.64. The Morgan fingerprint density at radius 2 is 1.84 bits per heavy atom. The molecule has 0 aliphatic carbocycles. The van der Waals surface area contributed by atoms with Gasteiger partial charge in [0.1, 0.15) is 0 Å². The molecule has 0 amide bonds. The maximum atomic E-state index is 12.9. The molecule has 2 aliphatic rings. The standard InChI is InChI=1S/C13H27N3O2S/c1-4-6-15(7-5-2)19(17,18)16-11(3)8-12-9-14-10-13(12)16/h11-14H,4-10H2,1-3H3. The van der Waals surface area contributed by atoms with Crippen molar-refractivity contribution in [3.63, 3.8) is 0 Å². The average molecular weight is 289 g/mol. The molecule has 19 heavy (non-hydrogen) atoms. The normalized spacial score (nSPS) is 32.1. The maximum absolute atomic E-state index is 12.9. The summed E-state index contributed by atoms with van der Waals surface area (Å²) in [5.74, 6) is 0.495. The van der Waals surface area contributed by atoms with Crippen molar-refractivity contribution < 1.29 is 8.42 Å². The van der Waals surface area contributed by atoms with Crippen LogP contribution in [-0.2, 0) is 10.2 Å². The van der Waals surface area contributed by atoms with Gasteiger partial charge in [0.2, 0.25) is 0 Å². The first-order chi connectivity index (χ1) is 9.02. The minimum atomic E-state index is -3.30. The SMILES string of the molecule is CCCN(CCC)S(=O)(=O)N1C(C)CC2CNCC21. The fourth-order valence-corrected chi connectivity index (χ4v) is 5.72. The van der Waals surface area contributed by atoms with Gasteiger partial charge in [-0.2, -0.15) is 17.0 Å². The molecule has 0 aromatic heterocycles. The first-order valence-corrected chi connectivity index (χ1v) is 8.91. The first kappa shape index (κ1) is 15.2. The average Bonchev–Trinajstić information content (AvgIpc) is 2.87. The third-order valence-electron chi connectivity index (χ3n) is 4.25. The van der Waals surface area contributed by atoms with E-state index >= 15 is 0 Å². The van der Waals surface area contributed by atoms with E-state index < -0.39 is 10.2 Å². The minimum Gasteiger partial charge on any atom is -0.315 e. The van der Waals surface area contributed by atoms with Crippen molar-refractivity contribution in [3.05, 3.63) is 0 Å². The highest BCUT2D eigenvalue weighted by Gasteiger charge is 2.48. The van der Waals surface area contributed by atoms with Gasteiger partial charge >= 0.3 is 0 Å². The Morgan fingerprint density at radius 3 is 2.42 bits per heavy atom. The molecule has 6 heteroatoms. The van der Waals surface area contributed by atoms with Crippen molar-refractivity contribution in [2.24, 2.45) is 5.92 Å². The van der Waals surface area contributed by atoms with Gasteiger partial charge in [-0.1, -0.05) is 13.8 Å². The van der Waals surface area contributed by atoms with Crippen LogP contribution in [0.1, 0.15) is 40.0 Å². The van der Waals surface area contributed by atoms with Crippen LogP contribution in [0.5, 0.6) is 0 Å². The van der Waals surface area contributed by atoms with Gasteiger partial charge in [0.15, 0.2) is 0 Å². The second-order valence-electron chi connectivity index (χ2n) is 5.81. The quantitative estimate of drug-likeness (QED) is 0.795. The maximum Gasteiger partial charge on any atom is 0.282 e. The molecule has 0 spiro atoms. The van der Waals surface area contributed by atoms with E-state index in [0.717, 1.165) is 32.4 Å². The Kier molecular flexibility index (Phi) is 4.87. The van der Waals surface area contributed by atoms with Gasteiger partial charge in [0, 0.05) is 31.7 Å². The van der Waals surface area contributed by atoms with Crippen LogP contribution in [0.4, 0.5) is 0 Å². The molecular weight excluding hydrogens is 262 g/mol. The topological polar surface area (TPSA) is 52.7 Å². The highest BCUT2D eigenvalue weighted by Crippen LogP contribution is 2.35. The Bertz CT molecular complexity index is 393. The number of nitrogens with one attached hydrogen (secondary N) is 1. The predicted molar refractivity (Wildman–Crippen MR) is 77.1 cm³/mol. The van der Waals surface area contributed by atoms with E-state index in [9.17, 15) is 8.42 Å². The molecule has 0 saturated carbocycles. The van der Waals surface area contributed by atoms with E-state index in [1.54, 1.807) is 8.61 Å². The largest absolute Gasteiger partial charge is 0.315 e. The third-order valence-corrected chi connectivity index (χ3v) is 6.43. The van der Waals surface area contributed by atoms with Crippen molar-refractivity contribution in [1.29, 1.82) is 0 Å². The summed E-state index contributed by atoms with van der Waals surface area (Å²) in [4.78, 5) is 0. The fourth-order valence-electron chi connectivity index (χ4n) is 3.50. The Labute approximate surface area is 117 Å². The van der Waals surface area contributed by atoms with Crippen LogP contribution < -0.4 is 5.32 Å². The molecule has 2 aliphatic heterocycles. The number of fused-ring (bicyclic) bond motifs is 1. The van der Waals surface area contributed by atoms with Gasteiger partial charge in [0.25, 0.3) is 10.2 Å². The van der Waals surface area contributed by atoms with Crippen molar-refractivity contribution in [2.75, 3.05) is 26.2 Å².